The van der Waals surface area contributed by atoms with E-state index >= 15 is 0 Å². The minimum Gasteiger partial charge on any atom is -0.494 e. The first kappa shape index (κ1) is 17.8. The maximum absolute atomic E-state index is 12.2. The Morgan fingerprint density at radius 1 is 1.29 bits per heavy atom. The largest absolute Gasteiger partial charge is 0.494 e. The van der Waals surface area contributed by atoms with E-state index in [1.54, 1.807) is 24.3 Å². The van der Waals surface area contributed by atoms with Crippen molar-refractivity contribution in [2.75, 3.05) is 18.5 Å². The van der Waals surface area contributed by atoms with Crippen molar-refractivity contribution < 1.29 is 19.1 Å². The van der Waals surface area contributed by atoms with Gasteiger partial charge in [-0.2, -0.15) is 0 Å². The molecule has 0 saturated carbocycles. The van der Waals surface area contributed by atoms with Crippen molar-refractivity contribution in [2.45, 2.75) is 33.2 Å². The van der Waals surface area contributed by atoms with Gasteiger partial charge in [0.15, 0.2) is 0 Å². The molecule has 1 heterocycles. The van der Waals surface area contributed by atoms with Crippen LogP contribution in [-0.4, -0.2) is 41.9 Å². The van der Waals surface area contributed by atoms with E-state index in [-0.39, 0.29) is 18.4 Å². The van der Waals surface area contributed by atoms with Crippen molar-refractivity contribution in [3.05, 3.63) is 24.3 Å². The smallest absolute Gasteiger partial charge is 0.325 e. The van der Waals surface area contributed by atoms with Crippen molar-refractivity contribution >= 4 is 23.5 Å². The number of benzene rings is 1. The highest BCUT2D eigenvalue weighted by Gasteiger charge is 2.38. The Morgan fingerprint density at radius 2 is 1.96 bits per heavy atom. The number of carbonyl (C=O) groups is 3. The van der Waals surface area contributed by atoms with Gasteiger partial charge in [-0.15, -0.1) is 0 Å². The van der Waals surface area contributed by atoms with E-state index in [4.69, 9.17) is 4.74 Å². The fourth-order valence-corrected chi connectivity index (χ4v) is 2.50. The van der Waals surface area contributed by atoms with Gasteiger partial charge >= 0.3 is 6.03 Å². The van der Waals surface area contributed by atoms with Gasteiger partial charge in [-0.3, -0.25) is 14.5 Å². The number of amides is 4. The number of nitrogens with one attached hydrogen (secondary N) is 2. The topological polar surface area (TPSA) is 87.7 Å². The molecule has 1 aromatic carbocycles. The van der Waals surface area contributed by atoms with Crippen molar-refractivity contribution in [1.29, 1.82) is 0 Å². The first-order valence-corrected chi connectivity index (χ1v) is 8.05. The van der Waals surface area contributed by atoms with E-state index < -0.39 is 18.0 Å². The number of rotatable bonds is 7. The van der Waals surface area contributed by atoms with Crippen LogP contribution >= 0.6 is 0 Å². The third kappa shape index (κ3) is 4.47. The number of imide groups is 1. The summed E-state index contributed by atoms with van der Waals surface area (Å²) in [6.45, 7) is 6.10. The lowest BCUT2D eigenvalue weighted by atomic mass is 10.0. The fraction of sp³-hybridized carbons (Fsp3) is 0.471. The highest BCUT2D eigenvalue weighted by atomic mass is 16.5. The number of ether oxygens (including phenoxy) is 1. The van der Waals surface area contributed by atoms with Gasteiger partial charge in [0.2, 0.25) is 5.91 Å². The normalized spacial score (nSPS) is 17.2. The second kappa shape index (κ2) is 7.81. The van der Waals surface area contributed by atoms with Gasteiger partial charge in [0.05, 0.1) is 6.61 Å². The molecule has 0 unspecified atom stereocenters. The van der Waals surface area contributed by atoms with Gasteiger partial charge in [0.25, 0.3) is 5.91 Å². The molecule has 4 amide bonds. The zero-order valence-corrected chi connectivity index (χ0v) is 14.2. The zero-order valence-electron chi connectivity index (χ0n) is 14.2. The van der Waals surface area contributed by atoms with Gasteiger partial charge in [0, 0.05) is 5.69 Å². The van der Waals surface area contributed by atoms with Crippen LogP contribution in [0.2, 0.25) is 0 Å². The quantitative estimate of drug-likeness (QED) is 0.747. The summed E-state index contributed by atoms with van der Waals surface area (Å²) in [5, 5.41) is 5.28. The van der Waals surface area contributed by atoms with Crippen LogP contribution in [0, 0.1) is 5.92 Å². The maximum Gasteiger partial charge on any atom is 0.325 e. The summed E-state index contributed by atoms with van der Waals surface area (Å²) < 4.78 is 5.33. The first-order chi connectivity index (χ1) is 11.4. The minimum atomic E-state index is -0.546. The van der Waals surface area contributed by atoms with Crippen LogP contribution in [0.4, 0.5) is 10.5 Å². The van der Waals surface area contributed by atoms with E-state index in [0.29, 0.717) is 24.5 Å². The van der Waals surface area contributed by atoms with Crippen LogP contribution in [0.3, 0.4) is 0 Å². The molecule has 1 atom stereocenters. The van der Waals surface area contributed by atoms with Crippen LogP contribution in [0.1, 0.15) is 27.2 Å². The van der Waals surface area contributed by atoms with Crippen molar-refractivity contribution in [3.8, 4) is 5.75 Å². The van der Waals surface area contributed by atoms with Crippen LogP contribution in [-0.2, 0) is 9.59 Å². The molecule has 7 heteroatoms. The third-order valence-corrected chi connectivity index (χ3v) is 3.56. The van der Waals surface area contributed by atoms with E-state index in [2.05, 4.69) is 10.6 Å². The molecule has 1 aliphatic heterocycles. The van der Waals surface area contributed by atoms with Crippen LogP contribution < -0.4 is 15.4 Å². The molecular weight excluding hydrogens is 310 g/mol. The highest BCUT2D eigenvalue weighted by Crippen LogP contribution is 2.17. The molecular formula is C17H23N3O4. The van der Waals surface area contributed by atoms with E-state index in [1.165, 1.54) is 0 Å². The zero-order chi connectivity index (χ0) is 17.7. The first-order valence-electron chi connectivity index (χ1n) is 8.05. The molecule has 1 aromatic rings. The number of hydrogen-bond acceptors (Lipinski definition) is 4. The molecule has 1 fully saturated rings. The Labute approximate surface area is 141 Å². The van der Waals surface area contributed by atoms with E-state index in [1.807, 2.05) is 20.8 Å². The summed E-state index contributed by atoms with van der Waals surface area (Å²) in [5.74, 6) is 0.210. The summed E-state index contributed by atoms with van der Waals surface area (Å²) in [4.78, 5) is 37.1. The molecule has 0 aliphatic carbocycles. The number of urea groups is 1. The Hall–Kier alpha value is -2.57. The molecule has 130 valence electrons. The number of anilines is 1. The summed E-state index contributed by atoms with van der Waals surface area (Å²) in [5.41, 5.74) is 0.578. The number of hydrogen-bond donors (Lipinski definition) is 2. The molecule has 7 nitrogen and oxygen atoms in total. The molecule has 0 bridgehead atoms. The van der Waals surface area contributed by atoms with Gasteiger partial charge in [0.1, 0.15) is 18.3 Å². The fourth-order valence-electron chi connectivity index (χ4n) is 2.50. The van der Waals surface area contributed by atoms with Crippen molar-refractivity contribution in [2.24, 2.45) is 5.92 Å². The average Bonchev–Trinajstić information content (AvgIpc) is 2.76. The molecule has 0 spiro atoms. The third-order valence-electron chi connectivity index (χ3n) is 3.56. The molecule has 1 saturated heterocycles. The summed E-state index contributed by atoms with van der Waals surface area (Å²) >= 11 is 0. The summed E-state index contributed by atoms with van der Waals surface area (Å²) in [6, 6.07) is 5.83. The average molecular weight is 333 g/mol. The predicted octanol–water partition coefficient (Wildman–Crippen LogP) is 1.99. The van der Waals surface area contributed by atoms with Crippen LogP contribution in [0.5, 0.6) is 5.75 Å². The van der Waals surface area contributed by atoms with Crippen LogP contribution in [0.25, 0.3) is 0 Å². The molecule has 0 radical (unpaired) electrons. The second-order valence-corrected chi connectivity index (χ2v) is 6.06. The van der Waals surface area contributed by atoms with Gasteiger partial charge in [-0.05, 0) is 43.5 Å². The lowest BCUT2D eigenvalue weighted by Crippen LogP contribution is -2.38. The van der Waals surface area contributed by atoms with Crippen LogP contribution in [0.15, 0.2) is 24.3 Å². The Kier molecular flexibility index (Phi) is 5.78. The summed E-state index contributed by atoms with van der Waals surface area (Å²) in [6.07, 6.45) is 0.557. The Morgan fingerprint density at radius 3 is 2.54 bits per heavy atom. The minimum absolute atomic E-state index is 0.275. The number of carbonyl (C=O) groups excluding carboxylic acids is 3. The predicted molar refractivity (Wildman–Crippen MR) is 89.7 cm³/mol. The van der Waals surface area contributed by atoms with Crippen molar-refractivity contribution in [1.82, 2.24) is 10.2 Å². The van der Waals surface area contributed by atoms with Gasteiger partial charge < -0.3 is 15.4 Å². The molecule has 2 N–H and O–H groups in total. The standard InChI is InChI=1S/C17H23N3O4/c1-4-24-13-7-5-12(6-8-13)18-15(21)10-20-16(22)14(9-11(2)3)19-17(20)23/h5-8,11,14H,4,9-10H2,1-3H3,(H,18,21)(H,19,23)/t14-/m1/s1. The van der Waals surface area contributed by atoms with Gasteiger partial charge in [-0.1, -0.05) is 13.8 Å². The summed E-state index contributed by atoms with van der Waals surface area (Å²) in [7, 11) is 0. The Bertz CT molecular complexity index is 613. The maximum atomic E-state index is 12.2. The van der Waals surface area contributed by atoms with E-state index in [9.17, 15) is 14.4 Å². The molecule has 1 aliphatic rings. The van der Waals surface area contributed by atoms with E-state index in [0.717, 1.165) is 4.90 Å². The Balaban J connectivity index is 1.92. The molecule has 2 rings (SSSR count). The molecule has 0 aromatic heterocycles. The lowest BCUT2D eigenvalue weighted by molar-refractivity contribution is -0.131. The monoisotopic (exact) mass is 333 g/mol. The molecule has 24 heavy (non-hydrogen) atoms. The lowest BCUT2D eigenvalue weighted by Gasteiger charge is -2.14. The van der Waals surface area contributed by atoms with Crippen molar-refractivity contribution in [3.63, 3.8) is 0 Å². The number of nitrogens with zero attached hydrogens (tertiary/aromatic N) is 1. The SMILES string of the molecule is CCOc1ccc(NC(=O)CN2C(=O)N[C@H](CC(C)C)C2=O)cc1. The second-order valence-electron chi connectivity index (χ2n) is 6.06. The highest BCUT2D eigenvalue weighted by molar-refractivity contribution is 6.07. The van der Waals surface area contributed by atoms with Gasteiger partial charge in [-0.25, -0.2) is 4.79 Å².